The molecule has 0 heterocycles. The molecule has 1 atom stereocenters. The molecule has 144 valence electrons. The quantitative estimate of drug-likeness (QED) is 0.556. The molecule has 0 spiro atoms. The highest BCUT2D eigenvalue weighted by atomic mass is 16.6. The normalized spacial score (nSPS) is 11.7. The van der Waals surface area contributed by atoms with Gasteiger partial charge >= 0.3 is 0 Å². The van der Waals surface area contributed by atoms with Crippen LogP contribution in [0.1, 0.15) is 42.7 Å². The van der Waals surface area contributed by atoms with Crippen molar-refractivity contribution < 1.29 is 19.2 Å². The molecule has 0 aromatic heterocycles. The van der Waals surface area contributed by atoms with Crippen LogP contribution in [0.5, 0.6) is 11.5 Å². The predicted octanol–water partition coefficient (Wildman–Crippen LogP) is 4.13. The average Bonchev–Trinajstić information content (AvgIpc) is 2.66. The Bertz CT molecular complexity index is 806. The molecule has 0 fully saturated rings. The van der Waals surface area contributed by atoms with E-state index in [1.165, 1.54) is 19.2 Å². The van der Waals surface area contributed by atoms with Gasteiger partial charge in [0.2, 0.25) is 0 Å². The van der Waals surface area contributed by atoms with Crippen molar-refractivity contribution >= 4 is 11.6 Å². The first-order valence-corrected chi connectivity index (χ1v) is 8.74. The smallest absolute Gasteiger partial charge is 0.286 e. The summed E-state index contributed by atoms with van der Waals surface area (Å²) in [7, 11) is 1.39. The van der Waals surface area contributed by atoms with E-state index in [1.807, 2.05) is 44.2 Å². The summed E-state index contributed by atoms with van der Waals surface area (Å²) in [6, 6.07) is 11.8. The molecule has 0 bridgehead atoms. The van der Waals surface area contributed by atoms with Gasteiger partial charge in [0.05, 0.1) is 30.7 Å². The minimum absolute atomic E-state index is 0.0640. The van der Waals surface area contributed by atoms with Gasteiger partial charge in [-0.2, -0.15) is 0 Å². The molecule has 0 aliphatic heterocycles. The molecule has 1 amide bonds. The van der Waals surface area contributed by atoms with Crippen LogP contribution in [0.4, 0.5) is 5.69 Å². The van der Waals surface area contributed by atoms with Gasteiger partial charge in [0.1, 0.15) is 5.56 Å². The number of rotatable bonds is 8. The number of hydrogen-bond donors (Lipinski definition) is 1. The second kappa shape index (κ2) is 9.02. The predicted molar refractivity (Wildman–Crippen MR) is 102 cm³/mol. The van der Waals surface area contributed by atoms with Gasteiger partial charge in [0.15, 0.2) is 11.5 Å². The summed E-state index contributed by atoms with van der Waals surface area (Å²) < 4.78 is 10.6. The van der Waals surface area contributed by atoms with E-state index < -0.39 is 10.8 Å². The van der Waals surface area contributed by atoms with Gasteiger partial charge in [-0.05, 0) is 18.4 Å². The number of nitrogens with zero attached hydrogens (tertiary/aromatic N) is 1. The number of nitro benzene ring substituents is 1. The topological polar surface area (TPSA) is 90.7 Å². The van der Waals surface area contributed by atoms with Crippen LogP contribution in [0, 0.1) is 16.0 Å². The highest BCUT2D eigenvalue weighted by Gasteiger charge is 2.27. The molecule has 2 aromatic rings. The average molecular weight is 372 g/mol. The molecular weight excluding hydrogens is 348 g/mol. The molecule has 0 aliphatic rings. The van der Waals surface area contributed by atoms with E-state index in [0.29, 0.717) is 6.61 Å². The van der Waals surface area contributed by atoms with Crippen molar-refractivity contribution in [1.82, 2.24) is 5.32 Å². The number of hydrogen-bond acceptors (Lipinski definition) is 5. The number of nitro groups is 1. The van der Waals surface area contributed by atoms with Crippen molar-refractivity contribution in [3.8, 4) is 11.5 Å². The zero-order valence-electron chi connectivity index (χ0n) is 15.9. The van der Waals surface area contributed by atoms with E-state index in [4.69, 9.17) is 9.47 Å². The number of benzene rings is 2. The number of carbonyl (C=O) groups excluding carboxylic acids is 1. The molecule has 0 aliphatic carbocycles. The van der Waals surface area contributed by atoms with Gasteiger partial charge in [-0.15, -0.1) is 0 Å². The van der Waals surface area contributed by atoms with E-state index in [-0.39, 0.29) is 34.7 Å². The Kier molecular flexibility index (Phi) is 6.76. The Morgan fingerprint density at radius 2 is 1.85 bits per heavy atom. The summed E-state index contributed by atoms with van der Waals surface area (Å²) in [5.41, 5.74) is 0.538. The van der Waals surface area contributed by atoms with E-state index >= 15 is 0 Å². The van der Waals surface area contributed by atoms with Crippen molar-refractivity contribution in [2.75, 3.05) is 13.7 Å². The van der Waals surface area contributed by atoms with Gasteiger partial charge in [0, 0.05) is 6.07 Å². The molecule has 1 unspecified atom stereocenters. The SMILES string of the molecule is CCOc1cc(C(=O)NC(c2ccccc2)C(C)C)c([N+](=O)[O-])cc1OC. The largest absolute Gasteiger partial charge is 0.493 e. The number of ether oxygens (including phenoxy) is 2. The second-order valence-corrected chi connectivity index (χ2v) is 6.32. The summed E-state index contributed by atoms with van der Waals surface area (Å²) in [6.45, 7) is 6.08. The number of methoxy groups -OCH3 is 1. The summed E-state index contributed by atoms with van der Waals surface area (Å²) >= 11 is 0. The first kappa shape index (κ1) is 20.2. The fourth-order valence-electron chi connectivity index (χ4n) is 2.82. The molecule has 0 saturated heterocycles. The molecule has 2 rings (SSSR count). The third-order valence-corrected chi connectivity index (χ3v) is 4.14. The number of amides is 1. The summed E-state index contributed by atoms with van der Waals surface area (Å²) in [5, 5.41) is 14.4. The van der Waals surface area contributed by atoms with Crippen molar-refractivity contribution in [2.45, 2.75) is 26.8 Å². The summed E-state index contributed by atoms with van der Waals surface area (Å²) in [4.78, 5) is 23.8. The zero-order chi connectivity index (χ0) is 20.0. The minimum Gasteiger partial charge on any atom is -0.493 e. The lowest BCUT2D eigenvalue weighted by Crippen LogP contribution is -2.32. The molecular formula is C20H24N2O5. The Balaban J connectivity index is 2.44. The lowest BCUT2D eigenvalue weighted by molar-refractivity contribution is -0.385. The highest BCUT2D eigenvalue weighted by molar-refractivity contribution is 5.99. The monoisotopic (exact) mass is 372 g/mol. The van der Waals surface area contributed by atoms with Crippen LogP contribution in [0.3, 0.4) is 0 Å². The van der Waals surface area contributed by atoms with Crippen LogP contribution in [0.2, 0.25) is 0 Å². The third kappa shape index (κ3) is 4.75. The third-order valence-electron chi connectivity index (χ3n) is 4.14. The Hall–Kier alpha value is -3.09. The fraction of sp³-hybridized carbons (Fsp3) is 0.350. The van der Waals surface area contributed by atoms with Gasteiger partial charge in [-0.3, -0.25) is 14.9 Å². The second-order valence-electron chi connectivity index (χ2n) is 6.32. The molecule has 7 nitrogen and oxygen atoms in total. The Morgan fingerprint density at radius 3 is 2.37 bits per heavy atom. The van der Waals surface area contributed by atoms with Crippen LogP contribution in [0.25, 0.3) is 0 Å². The van der Waals surface area contributed by atoms with Crippen LogP contribution in [-0.4, -0.2) is 24.5 Å². The molecule has 7 heteroatoms. The van der Waals surface area contributed by atoms with Gasteiger partial charge in [-0.1, -0.05) is 44.2 Å². The van der Waals surface area contributed by atoms with Crippen molar-refractivity contribution in [1.29, 1.82) is 0 Å². The van der Waals surface area contributed by atoms with Crippen LogP contribution in [-0.2, 0) is 0 Å². The minimum atomic E-state index is -0.597. The summed E-state index contributed by atoms with van der Waals surface area (Å²) in [6.07, 6.45) is 0. The number of carbonyl (C=O) groups is 1. The molecule has 1 N–H and O–H groups in total. The van der Waals surface area contributed by atoms with Gasteiger partial charge in [0.25, 0.3) is 11.6 Å². The Labute approximate surface area is 158 Å². The fourth-order valence-corrected chi connectivity index (χ4v) is 2.82. The van der Waals surface area contributed by atoms with E-state index in [1.54, 1.807) is 6.92 Å². The molecule has 27 heavy (non-hydrogen) atoms. The number of nitrogens with one attached hydrogen (secondary N) is 1. The maximum Gasteiger partial charge on any atom is 0.286 e. The van der Waals surface area contributed by atoms with E-state index in [2.05, 4.69) is 5.32 Å². The standard InChI is InChI=1S/C20H24N2O5/c1-5-27-18-11-15(16(22(24)25)12-17(18)26-4)20(23)21-19(13(2)3)14-9-7-6-8-10-14/h6-13,19H,5H2,1-4H3,(H,21,23). The maximum atomic E-state index is 12.9. The highest BCUT2D eigenvalue weighted by Crippen LogP contribution is 2.35. The lowest BCUT2D eigenvalue weighted by Gasteiger charge is -2.23. The van der Waals surface area contributed by atoms with E-state index in [0.717, 1.165) is 5.56 Å². The van der Waals surface area contributed by atoms with Crippen LogP contribution >= 0.6 is 0 Å². The molecule has 2 aromatic carbocycles. The zero-order valence-corrected chi connectivity index (χ0v) is 15.9. The first-order valence-electron chi connectivity index (χ1n) is 8.74. The molecule has 0 radical (unpaired) electrons. The molecule has 0 saturated carbocycles. The van der Waals surface area contributed by atoms with Crippen molar-refractivity contribution in [2.24, 2.45) is 5.92 Å². The maximum absolute atomic E-state index is 12.9. The van der Waals surface area contributed by atoms with Gasteiger partial charge < -0.3 is 14.8 Å². The van der Waals surface area contributed by atoms with Crippen LogP contribution in [0.15, 0.2) is 42.5 Å². The Morgan fingerprint density at radius 1 is 1.19 bits per heavy atom. The van der Waals surface area contributed by atoms with Crippen molar-refractivity contribution in [3.05, 3.63) is 63.7 Å². The summed E-state index contributed by atoms with van der Waals surface area (Å²) in [5.74, 6) is 0.0630. The van der Waals surface area contributed by atoms with Crippen LogP contribution < -0.4 is 14.8 Å². The lowest BCUT2D eigenvalue weighted by atomic mass is 9.95. The van der Waals surface area contributed by atoms with Crippen molar-refractivity contribution in [3.63, 3.8) is 0 Å². The van der Waals surface area contributed by atoms with Gasteiger partial charge in [-0.25, -0.2) is 0 Å². The van der Waals surface area contributed by atoms with E-state index in [9.17, 15) is 14.9 Å². The first-order chi connectivity index (χ1) is 12.9.